The summed E-state index contributed by atoms with van der Waals surface area (Å²) in [4.78, 5) is 41.9. The summed E-state index contributed by atoms with van der Waals surface area (Å²) in [7, 11) is 0. The Kier molecular flexibility index (Phi) is 6.36. The second-order valence-electron chi connectivity index (χ2n) is 7.13. The summed E-state index contributed by atoms with van der Waals surface area (Å²) in [5, 5.41) is 1.11. The molecule has 1 aromatic carbocycles. The van der Waals surface area contributed by atoms with Crippen LogP contribution in [0.2, 0.25) is 5.02 Å². The highest BCUT2D eigenvalue weighted by molar-refractivity contribution is 6.35. The molecule has 0 spiro atoms. The van der Waals surface area contributed by atoms with Gasteiger partial charge in [-0.2, -0.15) is 0 Å². The molecule has 3 aromatic rings. The average molecular weight is 433 g/mol. The van der Waals surface area contributed by atoms with E-state index in [2.05, 4.69) is 4.98 Å². The summed E-state index contributed by atoms with van der Waals surface area (Å²) in [5.41, 5.74) is 5.87. The van der Waals surface area contributed by atoms with E-state index in [9.17, 15) is 14.4 Å². The largest absolute Gasteiger partial charge is 0.449 e. The number of nitrogens with one attached hydrogen (secondary N) is 1. The number of carbonyl (C=O) groups excluding carboxylic acids is 1. The number of benzene rings is 1. The maximum absolute atomic E-state index is 13.5. The first-order valence-corrected chi connectivity index (χ1v) is 10.3. The van der Waals surface area contributed by atoms with Gasteiger partial charge in [0.15, 0.2) is 17.0 Å². The molecule has 0 radical (unpaired) electrons. The van der Waals surface area contributed by atoms with E-state index in [-0.39, 0.29) is 23.8 Å². The number of hydrogen-bond donors (Lipinski definition) is 2. The van der Waals surface area contributed by atoms with Gasteiger partial charge in [0.2, 0.25) is 0 Å². The van der Waals surface area contributed by atoms with Gasteiger partial charge < -0.3 is 10.2 Å². The lowest BCUT2D eigenvalue weighted by Gasteiger charge is -2.23. The van der Waals surface area contributed by atoms with Crippen molar-refractivity contribution in [2.75, 3.05) is 17.2 Å². The van der Waals surface area contributed by atoms with Crippen LogP contribution in [0.1, 0.15) is 49.2 Å². The lowest BCUT2D eigenvalue weighted by molar-refractivity contribution is 0.0961. The van der Waals surface area contributed by atoms with Crippen LogP contribution in [0, 0.1) is 6.92 Å². The van der Waals surface area contributed by atoms with E-state index in [1.807, 2.05) is 19.9 Å². The molecule has 0 aliphatic carbocycles. The molecule has 0 atom stereocenters. The molecule has 0 saturated carbocycles. The van der Waals surface area contributed by atoms with Crippen molar-refractivity contribution in [2.45, 2.75) is 46.6 Å². The van der Waals surface area contributed by atoms with Crippen LogP contribution < -0.4 is 21.9 Å². The van der Waals surface area contributed by atoms with Gasteiger partial charge in [0, 0.05) is 24.0 Å². The average Bonchev–Trinajstić information content (AvgIpc) is 3.05. The first kappa shape index (κ1) is 21.7. The van der Waals surface area contributed by atoms with E-state index in [1.54, 1.807) is 19.1 Å². The monoisotopic (exact) mass is 432 g/mol. The Morgan fingerprint density at radius 2 is 2.00 bits per heavy atom. The molecular formula is C21H25ClN4O4. The first-order valence-electron chi connectivity index (χ1n) is 9.93. The zero-order valence-electron chi connectivity index (χ0n) is 17.3. The molecule has 3 rings (SSSR count). The van der Waals surface area contributed by atoms with Gasteiger partial charge in [-0.25, -0.2) is 4.79 Å². The van der Waals surface area contributed by atoms with Crippen LogP contribution in [0.25, 0.3) is 11.0 Å². The van der Waals surface area contributed by atoms with Gasteiger partial charge in [-0.3, -0.25) is 24.0 Å². The van der Waals surface area contributed by atoms with Crippen LogP contribution in [0.3, 0.4) is 0 Å². The lowest BCUT2D eigenvalue weighted by atomic mass is 10.1. The number of aromatic nitrogens is 2. The molecule has 2 heterocycles. The maximum atomic E-state index is 13.5. The van der Waals surface area contributed by atoms with Gasteiger partial charge in [-0.15, -0.1) is 0 Å². The number of amides is 1. The zero-order chi connectivity index (χ0) is 22.0. The molecule has 0 bridgehead atoms. The number of nitrogens with two attached hydrogens (primary N) is 1. The van der Waals surface area contributed by atoms with E-state index in [4.69, 9.17) is 21.8 Å². The Labute approximate surface area is 178 Å². The molecule has 8 nitrogen and oxygen atoms in total. The van der Waals surface area contributed by atoms with Gasteiger partial charge in [0.05, 0.1) is 5.02 Å². The Morgan fingerprint density at radius 1 is 1.27 bits per heavy atom. The quantitative estimate of drug-likeness (QED) is 0.591. The van der Waals surface area contributed by atoms with Gasteiger partial charge in [-0.05, 0) is 25.8 Å². The van der Waals surface area contributed by atoms with Crippen LogP contribution in [-0.4, -0.2) is 22.0 Å². The molecule has 3 N–H and O–H groups in total. The van der Waals surface area contributed by atoms with Gasteiger partial charge in [0.25, 0.3) is 11.5 Å². The number of rotatable bonds is 7. The summed E-state index contributed by atoms with van der Waals surface area (Å²) >= 11 is 6.22. The number of carbonyl (C=O) groups is 1. The van der Waals surface area contributed by atoms with Crippen molar-refractivity contribution in [3.8, 4) is 0 Å². The molecular weight excluding hydrogens is 408 g/mol. The Hall–Kier alpha value is -3.00. The number of aromatic amines is 1. The normalized spacial score (nSPS) is 11.2. The highest BCUT2D eigenvalue weighted by atomic mass is 35.5. The smallest absolute Gasteiger partial charge is 0.330 e. The summed E-state index contributed by atoms with van der Waals surface area (Å²) in [6.45, 7) is 6.19. The molecule has 0 aliphatic heterocycles. The number of unbranched alkanes of at least 4 members (excludes halogenated alkanes) is 1. The number of hydrogen-bond acceptors (Lipinski definition) is 5. The minimum Gasteiger partial charge on any atom is -0.449 e. The SMILES string of the molecule is CCCCN(C(=O)c1oc2c(Cl)cccc2c1C)c1c(N)n(CCC)c(=O)[nH]c1=O. The molecule has 2 aromatic heterocycles. The summed E-state index contributed by atoms with van der Waals surface area (Å²) < 4.78 is 7.08. The van der Waals surface area contributed by atoms with Crippen molar-refractivity contribution >= 4 is 40.0 Å². The molecule has 0 fully saturated rings. The van der Waals surface area contributed by atoms with Crippen LogP contribution in [0.5, 0.6) is 0 Å². The van der Waals surface area contributed by atoms with E-state index < -0.39 is 17.2 Å². The Morgan fingerprint density at radius 3 is 2.63 bits per heavy atom. The first-order chi connectivity index (χ1) is 14.3. The number of H-pyrrole nitrogens is 1. The number of para-hydroxylation sites is 1. The van der Waals surface area contributed by atoms with Crippen molar-refractivity contribution < 1.29 is 9.21 Å². The third-order valence-electron chi connectivity index (χ3n) is 5.02. The predicted octanol–water partition coefficient (Wildman–Crippen LogP) is 3.68. The third-order valence-corrected chi connectivity index (χ3v) is 5.32. The van der Waals surface area contributed by atoms with Crippen LogP contribution in [0.15, 0.2) is 32.2 Å². The molecule has 1 amide bonds. The van der Waals surface area contributed by atoms with E-state index in [0.717, 1.165) is 11.8 Å². The minimum absolute atomic E-state index is 0.0400. The van der Waals surface area contributed by atoms with Crippen LogP contribution in [-0.2, 0) is 6.54 Å². The molecule has 0 saturated heterocycles. The number of aryl methyl sites for hydroxylation is 1. The summed E-state index contributed by atoms with van der Waals surface area (Å²) in [6.07, 6.45) is 2.07. The van der Waals surface area contributed by atoms with Crippen molar-refractivity contribution in [1.82, 2.24) is 9.55 Å². The van der Waals surface area contributed by atoms with Gasteiger partial charge in [0.1, 0.15) is 5.82 Å². The van der Waals surface area contributed by atoms with Crippen LogP contribution >= 0.6 is 11.6 Å². The number of fused-ring (bicyclic) bond motifs is 1. The van der Waals surface area contributed by atoms with Crippen molar-refractivity contribution in [3.05, 3.63) is 55.4 Å². The number of nitrogen functional groups attached to an aromatic ring is 1. The van der Waals surface area contributed by atoms with Crippen molar-refractivity contribution in [1.29, 1.82) is 0 Å². The van der Waals surface area contributed by atoms with E-state index >= 15 is 0 Å². The van der Waals surface area contributed by atoms with Gasteiger partial charge >= 0.3 is 5.69 Å². The Balaban J connectivity index is 2.19. The minimum atomic E-state index is -0.707. The molecule has 0 aliphatic rings. The van der Waals surface area contributed by atoms with Crippen molar-refractivity contribution in [2.24, 2.45) is 0 Å². The topological polar surface area (TPSA) is 114 Å². The fraction of sp³-hybridized carbons (Fsp3) is 0.381. The standard InChI is InChI=1S/C21H25ClN4O4/c1-4-6-11-25(15-18(23)26(10-5-2)21(29)24-19(15)27)20(28)16-12(3)13-8-7-9-14(22)17(13)30-16/h7-9H,4-6,10-11,23H2,1-3H3,(H,24,27,29). The number of halogens is 1. The number of furan rings is 1. The number of anilines is 2. The second-order valence-corrected chi connectivity index (χ2v) is 7.54. The molecule has 0 unspecified atom stereocenters. The Bertz CT molecular complexity index is 1210. The maximum Gasteiger partial charge on any atom is 0.330 e. The highest BCUT2D eigenvalue weighted by Gasteiger charge is 2.29. The number of nitrogens with zero attached hydrogens (tertiary/aromatic N) is 2. The molecule has 30 heavy (non-hydrogen) atoms. The van der Waals surface area contributed by atoms with Crippen molar-refractivity contribution in [3.63, 3.8) is 0 Å². The molecule has 9 heteroatoms. The predicted molar refractivity (Wildman–Crippen MR) is 119 cm³/mol. The molecule has 160 valence electrons. The lowest BCUT2D eigenvalue weighted by Crippen LogP contribution is -2.41. The highest BCUT2D eigenvalue weighted by Crippen LogP contribution is 2.32. The third kappa shape index (κ3) is 3.75. The van der Waals surface area contributed by atoms with E-state index in [1.165, 1.54) is 9.47 Å². The van der Waals surface area contributed by atoms with Crippen LogP contribution in [0.4, 0.5) is 11.5 Å². The summed E-state index contributed by atoms with van der Waals surface area (Å²) in [5.74, 6) is -0.463. The van der Waals surface area contributed by atoms with Gasteiger partial charge in [-0.1, -0.05) is 44.0 Å². The second kappa shape index (κ2) is 8.79. The zero-order valence-corrected chi connectivity index (χ0v) is 18.0. The fourth-order valence-electron chi connectivity index (χ4n) is 3.45. The summed E-state index contributed by atoms with van der Waals surface area (Å²) in [6, 6.07) is 5.27. The van der Waals surface area contributed by atoms with E-state index in [0.29, 0.717) is 35.6 Å². The fourth-order valence-corrected chi connectivity index (χ4v) is 3.66.